The molecule has 3 rings (SSSR count). The summed E-state index contributed by atoms with van der Waals surface area (Å²) in [7, 11) is 0. The Balaban J connectivity index is 1.75. The molecule has 2 heterocycles. The van der Waals surface area contributed by atoms with E-state index in [-0.39, 0.29) is 5.91 Å². The Kier molecular flexibility index (Phi) is 5.45. The van der Waals surface area contributed by atoms with E-state index in [0.717, 1.165) is 17.1 Å². The number of anilines is 2. The number of carbonyl (C=O) groups is 1. The number of aromatic nitrogens is 2. The lowest BCUT2D eigenvalue weighted by Crippen LogP contribution is -2.41. The Morgan fingerprint density at radius 1 is 1.24 bits per heavy atom. The zero-order valence-corrected chi connectivity index (χ0v) is 14.5. The molecule has 0 unspecified atom stereocenters. The van der Waals surface area contributed by atoms with E-state index in [2.05, 4.69) is 15.3 Å². The van der Waals surface area contributed by atoms with Crippen molar-refractivity contribution in [3.05, 3.63) is 41.7 Å². The molecular formula is C18H22N4O3. The fourth-order valence-electron chi connectivity index (χ4n) is 2.59. The second-order valence-corrected chi connectivity index (χ2v) is 5.71. The van der Waals surface area contributed by atoms with Crippen molar-refractivity contribution >= 4 is 17.5 Å². The van der Waals surface area contributed by atoms with Gasteiger partial charge in [-0.3, -0.25) is 4.79 Å². The van der Waals surface area contributed by atoms with E-state index in [4.69, 9.17) is 9.47 Å². The number of ether oxygens (including phenoxy) is 2. The quantitative estimate of drug-likeness (QED) is 0.899. The zero-order chi connectivity index (χ0) is 17.6. The van der Waals surface area contributed by atoms with Crippen LogP contribution in [0.3, 0.4) is 0 Å². The molecule has 0 aliphatic carbocycles. The summed E-state index contributed by atoms with van der Waals surface area (Å²) < 4.78 is 10.7. The third-order valence-corrected chi connectivity index (χ3v) is 3.79. The van der Waals surface area contributed by atoms with Gasteiger partial charge in [0.2, 0.25) is 5.95 Å². The Morgan fingerprint density at radius 3 is 2.64 bits per heavy atom. The Hall–Kier alpha value is -2.67. The molecule has 0 spiro atoms. The lowest BCUT2D eigenvalue weighted by atomic mass is 10.2. The standard InChI is InChI=1S/C18H22N4O3/c1-3-25-15-6-4-14(5-7-15)20-18-19-13(2)12-16(21-18)17(23)22-8-10-24-11-9-22/h4-7,12H,3,8-11H2,1-2H3,(H,19,20,21). The van der Waals surface area contributed by atoms with Gasteiger partial charge in [-0.15, -0.1) is 0 Å². The highest BCUT2D eigenvalue weighted by molar-refractivity contribution is 5.92. The summed E-state index contributed by atoms with van der Waals surface area (Å²) in [5.41, 5.74) is 1.96. The summed E-state index contributed by atoms with van der Waals surface area (Å²) in [5, 5.41) is 3.14. The maximum absolute atomic E-state index is 12.6. The molecule has 7 heteroatoms. The number of rotatable bonds is 5. The minimum absolute atomic E-state index is 0.0939. The highest BCUT2D eigenvalue weighted by Gasteiger charge is 2.20. The number of morpholine rings is 1. The van der Waals surface area contributed by atoms with Crippen LogP contribution in [0.5, 0.6) is 5.75 Å². The van der Waals surface area contributed by atoms with Gasteiger partial charge in [0.15, 0.2) is 0 Å². The molecule has 1 aliphatic rings. The second kappa shape index (κ2) is 7.94. The minimum atomic E-state index is -0.0939. The van der Waals surface area contributed by atoms with E-state index >= 15 is 0 Å². The Morgan fingerprint density at radius 2 is 1.96 bits per heavy atom. The van der Waals surface area contributed by atoms with Crippen molar-refractivity contribution in [3.8, 4) is 5.75 Å². The van der Waals surface area contributed by atoms with Crippen molar-refractivity contribution in [2.24, 2.45) is 0 Å². The van der Waals surface area contributed by atoms with Crippen LogP contribution in [-0.4, -0.2) is 53.7 Å². The fourth-order valence-corrected chi connectivity index (χ4v) is 2.59. The van der Waals surface area contributed by atoms with Crippen LogP contribution in [-0.2, 0) is 4.74 Å². The summed E-state index contributed by atoms with van der Waals surface area (Å²) in [6.07, 6.45) is 0. The van der Waals surface area contributed by atoms with Crippen molar-refractivity contribution in [2.45, 2.75) is 13.8 Å². The van der Waals surface area contributed by atoms with Gasteiger partial charge in [-0.05, 0) is 44.2 Å². The molecule has 1 aliphatic heterocycles. The van der Waals surface area contributed by atoms with Gasteiger partial charge in [0.1, 0.15) is 11.4 Å². The van der Waals surface area contributed by atoms with Crippen LogP contribution >= 0.6 is 0 Å². The largest absolute Gasteiger partial charge is 0.494 e. The van der Waals surface area contributed by atoms with Gasteiger partial charge in [-0.25, -0.2) is 9.97 Å². The summed E-state index contributed by atoms with van der Waals surface area (Å²) in [6, 6.07) is 9.24. The van der Waals surface area contributed by atoms with Crippen LogP contribution in [0.1, 0.15) is 23.1 Å². The van der Waals surface area contributed by atoms with Crippen LogP contribution in [0, 0.1) is 6.92 Å². The number of nitrogens with one attached hydrogen (secondary N) is 1. The van der Waals surface area contributed by atoms with Gasteiger partial charge >= 0.3 is 0 Å². The molecular weight excluding hydrogens is 320 g/mol. The number of hydrogen-bond donors (Lipinski definition) is 1. The van der Waals surface area contributed by atoms with Crippen LogP contribution in [0.25, 0.3) is 0 Å². The van der Waals surface area contributed by atoms with Crippen molar-refractivity contribution in [3.63, 3.8) is 0 Å². The van der Waals surface area contributed by atoms with E-state index < -0.39 is 0 Å². The first-order valence-electron chi connectivity index (χ1n) is 8.38. The Labute approximate surface area is 147 Å². The van der Waals surface area contributed by atoms with E-state index in [1.807, 2.05) is 38.1 Å². The average Bonchev–Trinajstić information content (AvgIpc) is 2.63. The molecule has 1 aromatic carbocycles. The minimum Gasteiger partial charge on any atom is -0.494 e. The molecule has 0 saturated carbocycles. The molecule has 0 radical (unpaired) electrons. The van der Waals surface area contributed by atoms with Gasteiger partial charge in [0.25, 0.3) is 5.91 Å². The molecule has 1 amide bonds. The van der Waals surface area contributed by atoms with Gasteiger partial charge < -0.3 is 19.7 Å². The van der Waals surface area contributed by atoms with Gasteiger partial charge in [0.05, 0.1) is 19.8 Å². The van der Waals surface area contributed by atoms with Crippen LogP contribution in [0.2, 0.25) is 0 Å². The molecule has 1 fully saturated rings. The van der Waals surface area contributed by atoms with E-state index in [9.17, 15) is 4.79 Å². The van der Waals surface area contributed by atoms with E-state index in [1.54, 1.807) is 11.0 Å². The van der Waals surface area contributed by atoms with E-state index in [1.165, 1.54) is 0 Å². The molecule has 1 N–H and O–H groups in total. The first kappa shape index (κ1) is 17.2. The molecule has 2 aromatic rings. The van der Waals surface area contributed by atoms with Crippen LogP contribution in [0.15, 0.2) is 30.3 Å². The molecule has 1 aromatic heterocycles. The first-order chi connectivity index (χ1) is 12.2. The predicted molar refractivity (Wildman–Crippen MR) is 94.4 cm³/mol. The average molecular weight is 342 g/mol. The van der Waals surface area contributed by atoms with Gasteiger partial charge in [0, 0.05) is 24.5 Å². The number of amides is 1. The highest BCUT2D eigenvalue weighted by Crippen LogP contribution is 2.19. The summed E-state index contributed by atoms with van der Waals surface area (Å²) in [4.78, 5) is 23.1. The smallest absolute Gasteiger partial charge is 0.272 e. The molecule has 0 bridgehead atoms. The summed E-state index contributed by atoms with van der Waals surface area (Å²) in [5.74, 6) is 1.12. The first-order valence-corrected chi connectivity index (χ1v) is 8.38. The SMILES string of the molecule is CCOc1ccc(Nc2nc(C)cc(C(=O)N3CCOCC3)n2)cc1. The molecule has 132 valence electrons. The topological polar surface area (TPSA) is 76.6 Å². The van der Waals surface area contributed by atoms with E-state index in [0.29, 0.717) is 44.6 Å². The number of aryl methyl sites for hydroxylation is 1. The monoisotopic (exact) mass is 342 g/mol. The number of benzene rings is 1. The third kappa shape index (κ3) is 4.45. The maximum Gasteiger partial charge on any atom is 0.272 e. The maximum atomic E-state index is 12.6. The second-order valence-electron chi connectivity index (χ2n) is 5.71. The molecule has 25 heavy (non-hydrogen) atoms. The molecule has 1 saturated heterocycles. The fraction of sp³-hybridized carbons (Fsp3) is 0.389. The van der Waals surface area contributed by atoms with Crippen LogP contribution < -0.4 is 10.1 Å². The van der Waals surface area contributed by atoms with Crippen molar-refractivity contribution in [1.29, 1.82) is 0 Å². The van der Waals surface area contributed by atoms with Gasteiger partial charge in [-0.1, -0.05) is 0 Å². The highest BCUT2D eigenvalue weighted by atomic mass is 16.5. The van der Waals surface area contributed by atoms with Crippen LogP contribution in [0.4, 0.5) is 11.6 Å². The van der Waals surface area contributed by atoms with Crippen molar-refractivity contribution in [2.75, 3.05) is 38.2 Å². The van der Waals surface area contributed by atoms with Crippen molar-refractivity contribution < 1.29 is 14.3 Å². The lowest BCUT2D eigenvalue weighted by molar-refractivity contribution is 0.0299. The molecule has 7 nitrogen and oxygen atoms in total. The van der Waals surface area contributed by atoms with Gasteiger partial charge in [-0.2, -0.15) is 0 Å². The van der Waals surface area contributed by atoms with Crippen molar-refractivity contribution in [1.82, 2.24) is 14.9 Å². The lowest BCUT2D eigenvalue weighted by Gasteiger charge is -2.26. The number of hydrogen-bond acceptors (Lipinski definition) is 6. The summed E-state index contributed by atoms with van der Waals surface area (Å²) >= 11 is 0. The third-order valence-electron chi connectivity index (χ3n) is 3.79. The number of carbonyl (C=O) groups excluding carboxylic acids is 1. The number of nitrogens with zero attached hydrogens (tertiary/aromatic N) is 3. The summed E-state index contributed by atoms with van der Waals surface area (Å²) in [6.45, 7) is 6.72. The Bertz CT molecular complexity index is 728. The zero-order valence-electron chi connectivity index (χ0n) is 14.5. The predicted octanol–water partition coefficient (Wildman–Crippen LogP) is 2.40. The molecule has 0 atom stereocenters. The normalized spacial score (nSPS) is 14.2.